The van der Waals surface area contributed by atoms with Crippen LogP contribution in [-0.4, -0.2) is 39.8 Å². The normalized spacial score (nSPS) is 11.8. The zero-order valence-corrected chi connectivity index (χ0v) is 17.3. The van der Waals surface area contributed by atoms with Crippen molar-refractivity contribution >= 4 is 17.5 Å². The summed E-state index contributed by atoms with van der Waals surface area (Å²) in [7, 11) is 0. The molecule has 1 aromatic carbocycles. The molecule has 0 spiro atoms. The lowest BCUT2D eigenvalue weighted by atomic mass is 10.2. The lowest BCUT2D eigenvalue weighted by Crippen LogP contribution is -2.16. The van der Waals surface area contributed by atoms with E-state index >= 15 is 0 Å². The predicted molar refractivity (Wildman–Crippen MR) is 111 cm³/mol. The number of halogens is 4. The van der Waals surface area contributed by atoms with Gasteiger partial charge in [-0.05, 0) is 43.3 Å². The Morgan fingerprint density at radius 1 is 1.06 bits per heavy atom. The molecule has 1 N–H and O–H groups in total. The van der Waals surface area contributed by atoms with Gasteiger partial charge in [0.25, 0.3) is 17.5 Å². The summed E-state index contributed by atoms with van der Waals surface area (Å²) in [5, 5.41) is 10.3. The third-order valence-electron chi connectivity index (χ3n) is 4.89. The van der Waals surface area contributed by atoms with Crippen molar-refractivity contribution in [1.82, 2.24) is 33.9 Å². The predicted octanol–water partition coefficient (Wildman–Crippen LogP) is 3.82. The highest BCUT2D eigenvalue weighted by Gasteiger charge is 2.36. The number of amides is 1. The minimum Gasteiger partial charge on any atom is -0.308 e. The van der Waals surface area contributed by atoms with Gasteiger partial charge in [0.15, 0.2) is 5.82 Å². The summed E-state index contributed by atoms with van der Waals surface area (Å²) in [6, 6.07) is 10.5. The van der Waals surface area contributed by atoms with Gasteiger partial charge in [0.1, 0.15) is 17.2 Å². The number of aryl methyl sites for hydroxylation is 1. The van der Waals surface area contributed by atoms with Crippen LogP contribution in [0, 0.1) is 12.7 Å². The topological polar surface area (TPSA) is 94.9 Å². The number of hydrogen-bond acceptors (Lipinski definition) is 5. The molecule has 0 saturated carbocycles. The lowest BCUT2D eigenvalue weighted by molar-refractivity contribution is -0.144. The van der Waals surface area contributed by atoms with Crippen LogP contribution < -0.4 is 5.32 Å². The second-order valence-electron chi connectivity index (χ2n) is 7.24. The summed E-state index contributed by atoms with van der Waals surface area (Å²) in [5.74, 6) is -2.31. The summed E-state index contributed by atoms with van der Waals surface area (Å²) in [5.41, 5.74) is 0.955. The maximum Gasteiger partial charge on any atom is 0.453 e. The van der Waals surface area contributed by atoms with Crippen LogP contribution in [0.5, 0.6) is 0 Å². The molecule has 0 aliphatic heterocycles. The van der Waals surface area contributed by atoms with Crippen LogP contribution in [0.15, 0.2) is 61.1 Å². The Hall–Kier alpha value is -4.55. The Balaban J connectivity index is 1.53. The van der Waals surface area contributed by atoms with E-state index in [1.54, 1.807) is 29.1 Å². The monoisotopic (exact) mass is 470 g/mol. The van der Waals surface area contributed by atoms with E-state index in [1.165, 1.54) is 48.1 Å². The molecule has 4 aromatic heterocycles. The molecule has 1 amide bonds. The quantitative estimate of drug-likeness (QED) is 0.403. The van der Waals surface area contributed by atoms with E-state index in [0.717, 1.165) is 4.52 Å². The fourth-order valence-electron chi connectivity index (χ4n) is 3.38. The number of nitrogens with zero attached hydrogens (tertiary/aromatic N) is 7. The summed E-state index contributed by atoms with van der Waals surface area (Å²) in [4.78, 5) is 20.5. The van der Waals surface area contributed by atoms with Crippen molar-refractivity contribution in [2.24, 2.45) is 0 Å². The molecule has 0 fully saturated rings. The number of carbonyl (C=O) groups is 1. The number of rotatable bonds is 4. The van der Waals surface area contributed by atoms with Crippen LogP contribution in [0.1, 0.15) is 21.9 Å². The van der Waals surface area contributed by atoms with Gasteiger partial charge in [-0.3, -0.25) is 4.79 Å². The molecule has 0 aliphatic rings. The van der Waals surface area contributed by atoms with Crippen LogP contribution in [0.3, 0.4) is 0 Å². The zero-order valence-electron chi connectivity index (χ0n) is 17.3. The molecule has 172 valence electrons. The summed E-state index contributed by atoms with van der Waals surface area (Å²) in [6.45, 7) is 1.51. The van der Waals surface area contributed by atoms with Crippen LogP contribution in [0.4, 0.5) is 23.4 Å². The minimum atomic E-state index is -4.73. The fraction of sp³-hybridized carbons (Fsp3) is 0.0952. The van der Waals surface area contributed by atoms with Gasteiger partial charge in [-0.2, -0.15) is 28.2 Å². The Bertz CT molecular complexity index is 1500. The first-order valence-corrected chi connectivity index (χ1v) is 9.81. The molecule has 5 aromatic rings. The van der Waals surface area contributed by atoms with Crippen LogP contribution in [0.2, 0.25) is 0 Å². The van der Waals surface area contributed by atoms with Crippen LogP contribution in [-0.2, 0) is 6.18 Å². The average Bonchev–Trinajstić information content (AvgIpc) is 3.52. The fourth-order valence-corrected chi connectivity index (χ4v) is 3.38. The van der Waals surface area contributed by atoms with E-state index in [1.807, 2.05) is 0 Å². The molecule has 0 radical (unpaired) electrons. The Labute approximate surface area is 188 Å². The molecule has 4 heterocycles. The largest absolute Gasteiger partial charge is 0.453 e. The van der Waals surface area contributed by atoms with Crippen molar-refractivity contribution in [2.75, 3.05) is 5.32 Å². The highest BCUT2D eigenvalue weighted by atomic mass is 19.4. The molecule has 0 atom stereocenters. The standard InChI is InChI=1S/C21H14F4N8O/c1-12-10-16(28-20-29-19(21(23,24)25)30-32(12)20)27-17(34)15-11-26-33(14-6-4-13(22)5-7-14)18(15)31-8-2-3-9-31/h2-11H,1H3,(H,27,28,29,30,34). The smallest absolute Gasteiger partial charge is 0.308 e. The van der Waals surface area contributed by atoms with Gasteiger partial charge in [0, 0.05) is 24.2 Å². The molecule has 34 heavy (non-hydrogen) atoms. The van der Waals surface area contributed by atoms with Crippen molar-refractivity contribution < 1.29 is 22.4 Å². The third kappa shape index (κ3) is 3.76. The van der Waals surface area contributed by atoms with Gasteiger partial charge in [-0.1, -0.05) is 0 Å². The van der Waals surface area contributed by atoms with Gasteiger partial charge in [0.05, 0.1) is 11.9 Å². The van der Waals surface area contributed by atoms with E-state index in [9.17, 15) is 22.4 Å². The summed E-state index contributed by atoms with van der Waals surface area (Å²) >= 11 is 0. The highest BCUT2D eigenvalue weighted by molar-refractivity contribution is 6.06. The third-order valence-corrected chi connectivity index (χ3v) is 4.89. The summed E-state index contributed by atoms with van der Waals surface area (Å²) < 4.78 is 56.3. The van der Waals surface area contributed by atoms with E-state index in [-0.39, 0.29) is 22.9 Å². The molecule has 5 rings (SSSR count). The van der Waals surface area contributed by atoms with Gasteiger partial charge in [-0.25, -0.2) is 13.6 Å². The molecular weight excluding hydrogens is 456 g/mol. The van der Waals surface area contributed by atoms with E-state index in [4.69, 9.17) is 0 Å². The molecule has 13 heteroatoms. The zero-order chi connectivity index (χ0) is 24.0. The Morgan fingerprint density at radius 2 is 1.76 bits per heavy atom. The number of aromatic nitrogens is 7. The molecular formula is C21H14F4N8O. The second kappa shape index (κ2) is 7.79. The minimum absolute atomic E-state index is 0.0101. The number of anilines is 1. The van der Waals surface area contributed by atoms with E-state index in [2.05, 4.69) is 25.5 Å². The van der Waals surface area contributed by atoms with Crippen molar-refractivity contribution in [1.29, 1.82) is 0 Å². The van der Waals surface area contributed by atoms with Gasteiger partial charge < -0.3 is 9.88 Å². The molecule has 0 bridgehead atoms. The lowest BCUT2D eigenvalue weighted by Gasteiger charge is -2.11. The molecule has 0 saturated heterocycles. The highest BCUT2D eigenvalue weighted by Crippen LogP contribution is 2.27. The van der Waals surface area contributed by atoms with E-state index < -0.39 is 23.7 Å². The van der Waals surface area contributed by atoms with Crippen molar-refractivity contribution in [2.45, 2.75) is 13.1 Å². The number of carbonyl (C=O) groups excluding carboxylic acids is 1. The number of fused-ring (bicyclic) bond motifs is 1. The first-order valence-electron chi connectivity index (χ1n) is 9.81. The van der Waals surface area contributed by atoms with E-state index in [0.29, 0.717) is 11.5 Å². The Morgan fingerprint density at radius 3 is 2.44 bits per heavy atom. The van der Waals surface area contributed by atoms with Crippen molar-refractivity contribution in [3.05, 3.63) is 84.0 Å². The Kier molecular flexibility index (Phi) is 4.88. The van der Waals surface area contributed by atoms with Gasteiger partial charge >= 0.3 is 6.18 Å². The molecule has 9 nitrogen and oxygen atoms in total. The van der Waals surface area contributed by atoms with Crippen molar-refractivity contribution in [3.63, 3.8) is 0 Å². The van der Waals surface area contributed by atoms with Gasteiger partial charge in [0.2, 0.25) is 0 Å². The summed E-state index contributed by atoms with van der Waals surface area (Å²) in [6.07, 6.45) is 0.0106. The number of hydrogen-bond donors (Lipinski definition) is 1. The first-order chi connectivity index (χ1) is 16.2. The SMILES string of the molecule is Cc1cc(NC(=O)c2cnn(-c3ccc(F)cc3)c2-n2cccc2)nc2nc(C(F)(F)F)nn12. The van der Waals surface area contributed by atoms with Gasteiger partial charge in [-0.15, -0.1) is 5.10 Å². The molecule has 0 aliphatic carbocycles. The number of nitrogens with one attached hydrogen (secondary N) is 1. The van der Waals surface area contributed by atoms with Crippen molar-refractivity contribution in [3.8, 4) is 11.5 Å². The van der Waals surface area contributed by atoms with Crippen LogP contribution >= 0.6 is 0 Å². The first kappa shape index (κ1) is 21.3. The van der Waals surface area contributed by atoms with Crippen LogP contribution in [0.25, 0.3) is 17.3 Å². The number of alkyl halides is 3. The maximum atomic E-state index is 13.4. The second-order valence-corrected chi connectivity index (χ2v) is 7.24. The average molecular weight is 470 g/mol. The molecule has 0 unspecified atom stereocenters. The number of benzene rings is 1. The maximum absolute atomic E-state index is 13.4.